The summed E-state index contributed by atoms with van der Waals surface area (Å²) in [7, 11) is -3.89. The number of non-ortho nitro benzene ring substituents is 1. The molecule has 0 radical (unpaired) electrons. The number of carbonyl (C=O) groups excluding carboxylic acids is 1. The van der Waals surface area contributed by atoms with Crippen LogP contribution >= 0.6 is 0 Å². The molecule has 0 heterocycles. The molecule has 0 aromatic heterocycles. The molecule has 2 aromatic carbocycles. The van der Waals surface area contributed by atoms with Gasteiger partial charge in [-0.15, -0.1) is 0 Å². The van der Waals surface area contributed by atoms with Crippen LogP contribution in [0.3, 0.4) is 0 Å². The van der Waals surface area contributed by atoms with Gasteiger partial charge in [-0.3, -0.25) is 19.2 Å². The van der Waals surface area contributed by atoms with Crippen molar-refractivity contribution in [3.8, 4) is 11.5 Å². The maximum atomic E-state index is 12.3. The van der Waals surface area contributed by atoms with E-state index in [1.54, 1.807) is 18.2 Å². The van der Waals surface area contributed by atoms with Crippen molar-refractivity contribution in [1.82, 2.24) is 5.43 Å². The molecule has 0 atom stereocenters. The van der Waals surface area contributed by atoms with Crippen molar-refractivity contribution in [2.45, 2.75) is 13.8 Å². The lowest BCUT2D eigenvalue weighted by Crippen LogP contribution is -2.39. The number of nitro groups is 1. The molecular weight excluding hydrogens is 440 g/mol. The van der Waals surface area contributed by atoms with E-state index in [-0.39, 0.29) is 11.4 Å². The van der Waals surface area contributed by atoms with Crippen molar-refractivity contribution in [2.75, 3.05) is 30.3 Å². The number of hydrazone groups is 1. The molecule has 2 rings (SSSR count). The normalized spacial score (nSPS) is 11.2. The van der Waals surface area contributed by atoms with E-state index in [0.717, 1.165) is 16.6 Å². The lowest BCUT2D eigenvalue weighted by Gasteiger charge is -2.21. The van der Waals surface area contributed by atoms with Gasteiger partial charge in [0.25, 0.3) is 11.6 Å². The van der Waals surface area contributed by atoms with E-state index < -0.39 is 27.4 Å². The fourth-order valence-electron chi connectivity index (χ4n) is 2.65. The number of amides is 1. The van der Waals surface area contributed by atoms with Gasteiger partial charge in [-0.25, -0.2) is 13.8 Å². The van der Waals surface area contributed by atoms with Gasteiger partial charge in [-0.1, -0.05) is 6.07 Å². The number of nitrogens with zero attached hydrogens (tertiary/aromatic N) is 3. The zero-order chi connectivity index (χ0) is 23.7. The van der Waals surface area contributed by atoms with Crippen LogP contribution in [0.4, 0.5) is 11.4 Å². The molecule has 0 aliphatic heterocycles. The first-order chi connectivity index (χ1) is 15.2. The van der Waals surface area contributed by atoms with Crippen molar-refractivity contribution in [3.05, 3.63) is 58.1 Å². The van der Waals surface area contributed by atoms with Crippen molar-refractivity contribution in [1.29, 1.82) is 0 Å². The standard InChI is InChI=1S/C20H24N4O7S/c1-4-30-18-10-9-15(11-19(18)31-5-2)13-21-22-20(25)14-23(32(3,28)29)16-7-6-8-17(12-16)24(26)27/h6-13H,4-5,14H2,1-3H3,(H,22,25)/b21-13-. The second-order valence-corrected chi connectivity index (χ2v) is 8.32. The average molecular weight is 465 g/mol. The molecule has 12 heteroatoms. The summed E-state index contributed by atoms with van der Waals surface area (Å²) in [6.07, 6.45) is 2.27. The summed E-state index contributed by atoms with van der Waals surface area (Å²) in [6, 6.07) is 10.1. The largest absolute Gasteiger partial charge is 0.490 e. The van der Waals surface area contributed by atoms with E-state index >= 15 is 0 Å². The molecule has 172 valence electrons. The molecule has 1 amide bonds. The molecule has 0 saturated carbocycles. The van der Waals surface area contributed by atoms with Crippen LogP contribution in [0.5, 0.6) is 11.5 Å². The molecule has 2 aromatic rings. The van der Waals surface area contributed by atoms with Crippen molar-refractivity contribution >= 4 is 33.5 Å². The second kappa shape index (κ2) is 11.1. The molecule has 32 heavy (non-hydrogen) atoms. The minimum absolute atomic E-state index is 0.00583. The minimum Gasteiger partial charge on any atom is -0.490 e. The predicted molar refractivity (Wildman–Crippen MR) is 120 cm³/mol. The Kier molecular flexibility index (Phi) is 8.53. The summed E-state index contributed by atoms with van der Waals surface area (Å²) in [5.41, 5.74) is 2.57. The minimum atomic E-state index is -3.89. The van der Waals surface area contributed by atoms with Gasteiger partial charge in [0.2, 0.25) is 10.0 Å². The van der Waals surface area contributed by atoms with E-state index in [9.17, 15) is 23.3 Å². The smallest absolute Gasteiger partial charge is 0.271 e. The Morgan fingerprint density at radius 2 is 1.84 bits per heavy atom. The SMILES string of the molecule is CCOc1ccc(/C=N\NC(=O)CN(c2cccc([N+](=O)[O-])c2)S(C)(=O)=O)cc1OCC. The molecule has 0 bridgehead atoms. The van der Waals surface area contributed by atoms with Crippen LogP contribution in [-0.4, -0.2) is 51.5 Å². The van der Waals surface area contributed by atoms with E-state index in [0.29, 0.717) is 30.3 Å². The maximum Gasteiger partial charge on any atom is 0.271 e. The Morgan fingerprint density at radius 1 is 1.16 bits per heavy atom. The third kappa shape index (κ3) is 6.94. The van der Waals surface area contributed by atoms with Crippen LogP contribution in [0.15, 0.2) is 47.6 Å². The van der Waals surface area contributed by atoms with Gasteiger partial charge < -0.3 is 9.47 Å². The number of ether oxygens (including phenoxy) is 2. The van der Waals surface area contributed by atoms with Gasteiger partial charge in [0.15, 0.2) is 11.5 Å². The first kappa shape index (κ1) is 24.6. The molecule has 0 fully saturated rings. The quantitative estimate of drug-likeness (QED) is 0.306. The lowest BCUT2D eigenvalue weighted by molar-refractivity contribution is -0.384. The van der Waals surface area contributed by atoms with Crippen LogP contribution < -0.4 is 19.2 Å². The molecule has 0 aliphatic rings. The molecular formula is C20H24N4O7S. The number of carbonyl (C=O) groups is 1. The Balaban J connectivity index is 2.12. The number of benzene rings is 2. The number of hydrogen-bond acceptors (Lipinski definition) is 8. The molecule has 0 unspecified atom stereocenters. The topological polar surface area (TPSA) is 140 Å². The number of nitro benzene ring substituents is 1. The Labute approximate surface area is 185 Å². The summed E-state index contributed by atoms with van der Waals surface area (Å²) in [6.45, 7) is 4.01. The van der Waals surface area contributed by atoms with Crippen molar-refractivity contribution < 1.29 is 27.6 Å². The number of anilines is 1. The fourth-order valence-corrected chi connectivity index (χ4v) is 3.50. The average Bonchev–Trinajstić information content (AvgIpc) is 2.73. The second-order valence-electron chi connectivity index (χ2n) is 6.41. The Bertz CT molecular complexity index is 1100. The highest BCUT2D eigenvalue weighted by Crippen LogP contribution is 2.28. The van der Waals surface area contributed by atoms with Crippen LogP contribution in [0.1, 0.15) is 19.4 Å². The van der Waals surface area contributed by atoms with Crippen molar-refractivity contribution in [3.63, 3.8) is 0 Å². The van der Waals surface area contributed by atoms with Crippen LogP contribution in [-0.2, 0) is 14.8 Å². The van der Waals surface area contributed by atoms with Crippen LogP contribution in [0, 0.1) is 10.1 Å². The molecule has 0 aliphatic carbocycles. The number of nitrogens with one attached hydrogen (secondary N) is 1. The summed E-state index contributed by atoms with van der Waals surface area (Å²) >= 11 is 0. The maximum absolute atomic E-state index is 12.3. The number of rotatable bonds is 11. The van der Waals surface area contributed by atoms with E-state index in [1.807, 2.05) is 13.8 Å². The third-order valence-electron chi connectivity index (χ3n) is 3.99. The molecule has 1 N–H and O–H groups in total. The van der Waals surface area contributed by atoms with Crippen molar-refractivity contribution in [2.24, 2.45) is 5.10 Å². The highest BCUT2D eigenvalue weighted by atomic mass is 32.2. The lowest BCUT2D eigenvalue weighted by atomic mass is 10.2. The third-order valence-corrected chi connectivity index (χ3v) is 5.13. The molecule has 0 spiro atoms. The van der Waals surface area contributed by atoms with Gasteiger partial charge in [0.05, 0.1) is 36.3 Å². The predicted octanol–water partition coefficient (Wildman–Crippen LogP) is 2.31. The van der Waals surface area contributed by atoms with Gasteiger partial charge in [0.1, 0.15) is 6.54 Å². The first-order valence-corrected chi connectivity index (χ1v) is 11.4. The Morgan fingerprint density at radius 3 is 2.47 bits per heavy atom. The summed E-state index contributed by atoms with van der Waals surface area (Å²) in [5, 5.41) is 14.8. The van der Waals surface area contributed by atoms with E-state index in [4.69, 9.17) is 9.47 Å². The highest BCUT2D eigenvalue weighted by molar-refractivity contribution is 7.92. The Hall–Kier alpha value is -3.67. The molecule has 11 nitrogen and oxygen atoms in total. The number of sulfonamides is 1. The van der Waals surface area contributed by atoms with Gasteiger partial charge in [-0.05, 0) is 43.7 Å². The van der Waals surface area contributed by atoms with Gasteiger partial charge in [0, 0.05) is 12.1 Å². The number of hydrogen-bond donors (Lipinski definition) is 1. The monoisotopic (exact) mass is 464 g/mol. The van der Waals surface area contributed by atoms with E-state index in [1.165, 1.54) is 24.4 Å². The van der Waals surface area contributed by atoms with Gasteiger partial charge >= 0.3 is 0 Å². The first-order valence-electron chi connectivity index (χ1n) is 9.59. The van der Waals surface area contributed by atoms with Crippen LogP contribution in [0.2, 0.25) is 0 Å². The zero-order valence-electron chi connectivity index (χ0n) is 17.8. The highest BCUT2D eigenvalue weighted by Gasteiger charge is 2.22. The zero-order valence-corrected chi connectivity index (χ0v) is 18.7. The molecule has 0 saturated heterocycles. The fraction of sp³-hybridized carbons (Fsp3) is 0.300. The summed E-state index contributed by atoms with van der Waals surface area (Å²) in [4.78, 5) is 22.6. The van der Waals surface area contributed by atoms with Crippen LogP contribution in [0.25, 0.3) is 0 Å². The summed E-state index contributed by atoms with van der Waals surface area (Å²) in [5.74, 6) is 0.379. The van der Waals surface area contributed by atoms with E-state index in [2.05, 4.69) is 10.5 Å². The van der Waals surface area contributed by atoms with Gasteiger partial charge in [-0.2, -0.15) is 5.10 Å². The summed E-state index contributed by atoms with van der Waals surface area (Å²) < 4.78 is 36.1.